The van der Waals surface area contributed by atoms with E-state index in [0.29, 0.717) is 12.4 Å². The maximum atomic E-state index is 12.4. The highest BCUT2D eigenvalue weighted by atomic mass is 32.2. The van der Waals surface area contributed by atoms with Gasteiger partial charge in [0, 0.05) is 29.7 Å². The molecule has 0 amide bonds. The monoisotopic (exact) mass is 283 g/mol. The van der Waals surface area contributed by atoms with E-state index < -0.39 is 10.8 Å². The molecule has 0 aromatic heterocycles. The van der Waals surface area contributed by atoms with Crippen molar-refractivity contribution in [2.75, 3.05) is 26.0 Å². The van der Waals surface area contributed by atoms with Crippen molar-refractivity contribution >= 4 is 10.8 Å². The Morgan fingerprint density at radius 3 is 2.47 bits per heavy atom. The second kappa shape index (κ2) is 9.23. The van der Waals surface area contributed by atoms with Crippen molar-refractivity contribution in [3.05, 3.63) is 35.9 Å². The molecular weight excluding hydrogens is 258 g/mol. The zero-order valence-electron chi connectivity index (χ0n) is 12.1. The van der Waals surface area contributed by atoms with E-state index in [2.05, 4.69) is 31.3 Å². The highest BCUT2D eigenvalue weighted by molar-refractivity contribution is 7.85. The molecule has 0 fully saturated rings. The Balaban J connectivity index is 2.85. The summed E-state index contributed by atoms with van der Waals surface area (Å²) in [5.41, 5.74) is 1.21. The molecule has 0 bridgehead atoms. The van der Waals surface area contributed by atoms with Gasteiger partial charge in [-0.05, 0) is 18.5 Å². The number of methoxy groups -OCH3 is 1. The molecule has 1 rings (SSSR count). The van der Waals surface area contributed by atoms with Gasteiger partial charge in [0.1, 0.15) is 0 Å². The van der Waals surface area contributed by atoms with Crippen molar-refractivity contribution in [3.8, 4) is 0 Å². The van der Waals surface area contributed by atoms with Gasteiger partial charge in [-0.25, -0.2) is 0 Å². The summed E-state index contributed by atoms with van der Waals surface area (Å²) >= 11 is 0. The molecule has 1 aromatic rings. The molecule has 0 aliphatic heterocycles. The quantitative estimate of drug-likeness (QED) is 0.757. The molecular formula is C15H25NO2S. The first-order valence-electron chi connectivity index (χ1n) is 6.89. The number of rotatable bonds is 9. The third kappa shape index (κ3) is 5.05. The average molecular weight is 283 g/mol. The van der Waals surface area contributed by atoms with Gasteiger partial charge in [-0.3, -0.25) is 4.21 Å². The molecule has 108 valence electrons. The lowest BCUT2D eigenvalue weighted by Crippen LogP contribution is -2.35. The van der Waals surface area contributed by atoms with Crippen LogP contribution in [0.5, 0.6) is 0 Å². The lowest BCUT2D eigenvalue weighted by Gasteiger charge is -2.27. The van der Waals surface area contributed by atoms with Crippen LogP contribution in [0.2, 0.25) is 0 Å². The summed E-state index contributed by atoms with van der Waals surface area (Å²) in [6, 6.07) is 10.4. The number of hydrogen-bond acceptors (Lipinski definition) is 3. The molecule has 0 aliphatic carbocycles. The van der Waals surface area contributed by atoms with Crippen LogP contribution in [-0.4, -0.2) is 35.5 Å². The van der Waals surface area contributed by atoms with Crippen molar-refractivity contribution in [2.24, 2.45) is 0 Å². The lowest BCUT2D eigenvalue weighted by atomic mass is 10.0. The lowest BCUT2D eigenvalue weighted by molar-refractivity contribution is 0.217. The summed E-state index contributed by atoms with van der Waals surface area (Å²) in [5.74, 6) is 0.601. The van der Waals surface area contributed by atoms with Crippen molar-refractivity contribution in [2.45, 2.75) is 31.6 Å². The molecule has 3 atom stereocenters. The van der Waals surface area contributed by atoms with Crippen LogP contribution >= 0.6 is 0 Å². The van der Waals surface area contributed by atoms with Crippen LogP contribution in [0.4, 0.5) is 0 Å². The minimum atomic E-state index is -0.877. The highest BCUT2D eigenvalue weighted by Crippen LogP contribution is 2.23. The van der Waals surface area contributed by atoms with E-state index in [-0.39, 0.29) is 11.3 Å². The second-order valence-electron chi connectivity index (χ2n) is 4.47. The van der Waals surface area contributed by atoms with Crippen molar-refractivity contribution in [3.63, 3.8) is 0 Å². The van der Waals surface area contributed by atoms with Gasteiger partial charge in [0.05, 0.1) is 11.9 Å². The van der Waals surface area contributed by atoms with Crippen LogP contribution in [0, 0.1) is 0 Å². The molecule has 0 heterocycles. The van der Waals surface area contributed by atoms with Crippen LogP contribution in [-0.2, 0) is 15.5 Å². The molecule has 3 unspecified atom stereocenters. The summed E-state index contributed by atoms with van der Waals surface area (Å²) in [7, 11) is 0.773. The molecule has 1 aromatic carbocycles. The summed E-state index contributed by atoms with van der Waals surface area (Å²) < 4.78 is 17.5. The number of ether oxygens (including phenoxy) is 1. The Morgan fingerprint density at radius 1 is 1.26 bits per heavy atom. The van der Waals surface area contributed by atoms with Gasteiger partial charge in [-0.15, -0.1) is 0 Å². The fraction of sp³-hybridized carbons (Fsp3) is 0.600. The summed E-state index contributed by atoms with van der Waals surface area (Å²) in [4.78, 5) is 0. The van der Waals surface area contributed by atoms with Gasteiger partial charge >= 0.3 is 0 Å². The van der Waals surface area contributed by atoms with E-state index in [1.807, 2.05) is 18.2 Å². The van der Waals surface area contributed by atoms with Gasteiger partial charge in [-0.1, -0.05) is 44.2 Å². The van der Waals surface area contributed by atoms with E-state index in [1.165, 1.54) is 5.56 Å². The van der Waals surface area contributed by atoms with Crippen molar-refractivity contribution in [1.82, 2.24) is 5.32 Å². The maximum Gasteiger partial charge on any atom is 0.0577 e. The standard InChI is InChI=1S/C15H25NO2S/c1-4-14(19(17)12-11-18-3)15(16-5-2)13-9-7-6-8-10-13/h6-10,14-16H,4-5,11-12H2,1-3H3. The highest BCUT2D eigenvalue weighted by Gasteiger charge is 2.25. The van der Waals surface area contributed by atoms with Gasteiger partial charge in [0.15, 0.2) is 0 Å². The summed E-state index contributed by atoms with van der Waals surface area (Å²) in [6.45, 7) is 5.61. The van der Waals surface area contributed by atoms with Crippen molar-refractivity contribution in [1.29, 1.82) is 0 Å². The van der Waals surface area contributed by atoms with E-state index in [0.717, 1.165) is 13.0 Å². The van der Waals surface area contributed by atoms with Crippen LogP contribution in [0.3, 0.4) is 0 Å². The average Bonchev–Trinajstić information content (AvgIpc) is 2.46. The first kappa shape index (κ1) is 16.3. The normalized spacial score (nSPS) is 15.9. The molecule has 0 saturated carbocycles. The van der Waals surface area contributed by atoms with Crippen LogP contribution in [0.15, 0.2) is 30.3 Å². The largest absolute Gasteiger partial charge is 0.384 e. The zero-order valence-corrected chi connectivity index (χ0v) is 12.9. The van der Waals surface area contributed by atoms with Gasteiger partial charge in [0.2, 0.25) is 0 Å². The third-order valence-corrected chi connectivity index (χ3v) is 5.03. The van der Waals surface area contributed by atoms with E-state index in [4.69, 9.17) is 4.74 Å². The topological polar surface area (TPSA) is 38.3 Å². The first-order chi connectivity index (χ1) is 9.24. The second-order valence-corrected chi connectivity index (χ2v) is 6.25. The Labute approximate surface area is 119 Å². The smallest absolute Gasteiger partial charge is 0.0577 e. The number of benzene rings is 1. The van der Waals surface area contributed by atoms with Crippen LogP contribution in [0.1, 0.15) is 31.9 Å². The molecule has 3 nitrogen and oxygen atoms in total. The molecule has 19 heavy (non-hydrogen) atoms. The van der Waals surface area contributed by atoms with E-state index in [1.54, 1.807) is 7.11 Å². The Bertz CT molecular complexity index is 370. The Hall–Kier alpha value is -0.710. The van der Waals surface area contributed by atoms with Gasteiger partial charge in [-0.2, -0.15) is 0 Å². The maximum absolute atomic E-state index is 12.4. The van der Waals surface area contributed by atoms with Crippen molar-refractivity contribution < 1.29 is 8.95 Å². The van der Waals surface area contributed by atoms with Crippen LogP contribution < -0.4 is 5.32 Å². The molecule has 1 N–H and O–H groups in total. The molecule has 0 radical (unpaired) electrons. The third-order valence-electron chi connectivity index (χ3n) is 3.18. The number of hydrogen-bond donors (Lipinski definition) is 1. The first-order valence-corrected chi connectivity index (χ1v) is 8.27. The zero-order chi connectivity index (χ0) is 14.1. The molecule has 0 spiro atoms. The molecule has 0 aliphatic rings. The fourth-order valence-corrected chi connectivity index (χ4v) is 3.80. The fourth-order valence-electron chi connectivity index (χ4n) is 2.23. The van der Waals surface area contributed by atoms with Gasteiger partial charge in [0.25, 0.3) is 0 Å². The molecule has 4 heteroatoms. The summed E-state index contributed by atoms with van der Waals surface area (Å²) in [5, 5.41) is 3.60. The van der Waals surface area contributed by atoms with Crippen LogP contribution in [0.25, 0.3) is 0 Å². The SMILES string of the molecule is CCNC(c1ccccc1)C(CC)S(=O)CCOC. The minimum absolute atomic E-state index is 0.123. The predicted molar refractivity (Wildman–Crippen MR) is 81.8 cm³/mol. The van der Waals surface area contributed by atoms with Gasteiger partial charge < -0.3 is 10.1 Å². The Morgan fingerprint density at radius 2 is 1.95 bits per heavy atom. The van der Waals surface area contributed by atoms with E-state index in [9.17, 15) is 4.21 Å². The minimum Gasteiger partial charge on any atom is -0.384 e. The predicted octanol–water partition coefficient (Wildman–Crippen LogP) is 2.51. The Kier molecular flexibility index (Phi) is 7.94. The number of nitrogens with one attached hydrogen (secondary N) is 1. The summed E-state index contributed by atoms with van der Waals surface area (Å²) in [6.07, 6.45) is 0.892. The molecule has 0 saturated heterocycles. The van der Waals surface area contributed by atoms with E-state index >= 15 is 0 Å².